The number of carbonyl (C=O) groups is 1. The molecule has 0 bridgehead atoms. The van der Waals surface area contributed by atoms with Crippen LogP contribution in [0.25, 0.3) is 0 Å². The smallest absolute Gasteiger partial charge is 0.319 e. The summed E-state index contributed by atoms with van der Waals surface area (Å²) in [6, 6.07) is 7.25. The van der Waals surface area contributed by atoms with Crippen LogP contribution in [0.2, 0.25) is 0 Å². The van der Waals surface area contributed by atoms with E-state index in [9.17, 15) is 4.79 Å². The first-order valence-corrected chi connectivity index (χ1v) is 7.35. The number of hydrogen-bond acceptors (Lipinski definition) is 3. The Morgan fingerprint density at radius 3 is 2.78 bits per heavy atom. The minimum Gasteiger partial charge on any atom is -0.394 e. The van der Waals surface area contributed by atoms with Crippen molar-refractivity contribution in [3.63, 3.8) is 0 Å². The topological polar surface area (TPSA) is 61.4 Å². The predicted octanol–water partition coefficient (Wildman–Crippen LogP) is 2.44. The standard InChI is InChI=1S/C13H20N2O2S/c1-3-11(8-16)14-13(17)15-12-7-5-4-6-10(12)9-18-2/h4-7,11,16H,3,8-9H2,1-2H3,(H2,14,15,17)/t11-/m1/s1. The van der Waals surface area contributed by atoms with Crippen molar-refractivity contribution in [1.82, 2.24) is 5.32 Å². The van der Waals surface area contributed by atoms with Crippen LogP contribution in [0.4, 0.5) is 10.5 Å². The molecule has 100 valence electrons. The number of aliphatic hydroxyl groups excluding tert-OH is 1. The molecule has 0 aromatic heterocycles. The van der Waals surface area contributed by atoms with Crippen LogP contribution in [0.5, 0.6) is 0 Å². The quantitative estimate of drug-likeness (QED) is 0.742. The van der Waals surface area contributed by atoms with Gasteiger partial charge in [0.25, 0.3) is 0 Å². The molecule has 4 nitrogen and oxygen atoms in total. The van der Waals surface area contributed by atoms with Gasteiger partial charge in [-0.2, -0.15) is 11.8 Å². The molecular formula is C13H20N2O2S. The van der Waals surface area contributed by atoms with Gasteiger partial charge in [0.15, 0.2) is 0 Å². The largest absolute Gasteiger partial charge is 0.394 e. The fourth-order valence-electron chi connectivity index (χ4n) is 1.54. The third-order valence-electron chi connectivity index (χ3n) is 2.61. The van der Waals surface area contributed by atoms with Crippen molar-refractivity contribution < 1.29 is 9.90 Å². The van der Waals surface area contributed by atoms with Crippen molar-refractivity contribution >= 4 is 23.5 Å². The molecule has 0 heterocycles. The molecule has 2 amide bonds. The summed E-state index contributed by atoms with van der Waals surface area (Å²) < 4.78 is 0. The van der Waals surface area contributed by atoms with Gasteiger partial charge in [-0.05, 0) is 24.3 Å². The molecule has 0 radical (unpaired) electrons. The number of anilines is 1. The molecule has 18 heavy (non-hydrogen) atoms. The zero-order chi connectivity index (χ0) is 13.4. The van der Waals surface area contributed by atoms with Gasteiger partial charge in [-0.3, -0.25) is 0 Å². The van der Waals surface area contributed by atoms with Gasteiger partial charge in [0, 0.05) is 11.4 Å². The number of urea groups is 1. The van der Waals surface area contributed by atoms with Gasteiger partial charge in [0.1, 0.15) is 0 Å². The summed E-state index contributed by atoms with van der Waals surface area (Å²) in [6.07, 6.45) is 2.73. The molecule has 5 heteroatoms. The minimum absolute atomic E-state index is 0.0453. The van der Waals surface area contributed by atoms with Gasteiger partial charge in [-0.15, -0.1) is 0 Å². The molecular weight excluding hydrogens is 248 g/mol. The second-order valence-electron chi connectivity index (χ2n) is 3.98. The zero-order valence-corrected chi connectivity index (χ0v) is 11.6. The highest BCUT2D eigenvalue weighted by molar-refractivity contribution is 7.97. The number of amides is 2. The molecule has 0 unspecified atom stereocenters. The Kier molecular flexibility index (Phi) is 6.60. The fourth-order valence-corrected chi connectivity index (χ4v) is 2.11. The molecule has 1 rings (SSSR count). The Bertz CT molecular complexity index is 381. The average Bonchev–Trinajstić information content (AvgIpc) is 2.38. The second kappa shape index (κ2) is 8.00. The van der Waals surface area contributed by atoms with E-state index in [1.54, 1.807) is 11.8 Å². The number of nitrogens with one attached hydrogen (secondary N) is 2. The van der Waals surface area contributed by atoms with E-state index in [2.05, 4.69) is 10.6 Å². The van der Waals surface area contributed by atoms with Crippen LogP contribution in [0.15, 0.2) is 24.3 Å². The van der Waals surface area contributed by atoms with Crippen molar-refractivity contribution in [2.45, 2.75) is 25.1 Å². The molecule has 0 aliphatic rings. The number of carbonyl (C=O) groups excluding carboxylic acids is 1. The van der Waals surface area contributed by atoms with Crippen LogP contribution in [-0.4, -0.2) is 30.0 Å². The second-order valence-corrected chi connectivity index (χ2v) is 4.84. The lowest BCUT2D eigenvalue weighted by atomic mass is 10.2. The van der Waals surface area contributed by atoms with E-state index in [4.69, 9.17) is 5.11 Å². The van der Waals surface area contributed by atoms with Gasteiger partial charge in [0.05, 0.1) is 12.6 Å². The molecule has 1 atom stereocenters. The zero-order valence-electron chi connectivity index (χ0n) is 10.8. The summed E-state index contributed by atoms with van der Waals surface area (Å²) >= 11 is 1.71. The average molecular weight is 268 g/mol. The van der Waals surface area contributed by atoms with Crippen LogP contribution >= 0.6 is 11.8 Å². The Hall–Kier alpha value is -1.20. The van der Waals surface area contributed by atoms with Crippen molar-refractivity contribution in [2.75, 3.05) is 18.2 Å². The minimum atomic E-state index is -0.274. The Balaban J connectivity index is 2.63. The molecule has 3 N–H and O–H groups in total. The van der Waals surface area contributed by atoms with E-state index < -0.39 is 0 Å². The van der Waals surface area contributed by atoms with Crippen LogP contribution in [0, 0.1) is 0 Å². The maximum atomic E-state index is 11.8. The SMILES string of the molecule is CC[C@H](CO)NC(=O)Nc1ccccc1CSC. The van der Waals surface area contributed by atoms with E-state index in [1.165, 1.54) is 0 Å². The molecule has 0 spiro atoms. The van der Waals surface area contributed by atoms with Crippen molar-refractivity contribution in [3.05, 3.63) is 29.8 Å². The lowest BCUT2D eigenvalue weighted by molar-refractivity contribution is 0.222. The molecule has 1 aromatic rings. The number of benzene rings is 1. The van der Waals surface area contributed by atoms with Crippen LogP contribution < -0.4 is 10.6 Å². The Labute approximate surface area is 112 Å². The van der Waals surface area contributed by atoms with E-state index in [1.807, 2.05) is 37.4 Å². The number of hydrogen-bond donors (Lipinski definition) is 3. The van der Waals surface area contributed by atoms with Crippen molar-refractivity contribution in [3.8, 4) is 0 Å². The summed E-state index contributed by atoms with van der Waals surface area (Å²) in [5, 5.41) is 14.6. The van der Waals surface area contributed by atoms with Gasteiger partial charge in [-0.25, -0.2) is 4.79 Å². The van der Waals surface area contributed by atoms with Gasteiger partial charge in [-0.1, -0.05) is 25.1 Å². The van der Waals surface area contributed by atoms with Gasteiger partial charge in [0.2, 0.25) is 0 Å². The molecule has 0 fully saturated rings. The third-order valence-corrected chi connectivity index (χ3v) is 3.21. The molecule has 0 saturated heterocycles. The van der Waals surface area contributed by atoms with Crippen LogP contribution in [0.3, 0.4) is 0 Å². The summed E-state index contributed by atoms with van der Waals surface area (Å²) in [4.78, 5) is 11.8. The van der Waals surface area contributed by atoms with E-state index in [0.29, 0.717) is 6.42 Å². The molecule has 1 aromatic carbocycles. The Morgan fingerprint density at radius 1 is 1.44 bits per heavy atom. The number of rotatable bonds is 6. The molecule has 0 saturated carbocycles. The lowest BCUT2D eigenvalue weighted by Gasteiger charge is -2.16. The van der Waals surface area contributed by atoms with E-state index in [-0.39, 0.29) is 18.7 Å². The monoisotopic (exact) mass is 268 g/mol. The highest BCUT2D eigenvalue weighted by Crippen LogP contribution is 2.19. The van der Waals surface area contributed by atoms with E-state index >= 15 is 0 Å². The molecule has 0 aliphatic heterocycles. The number of aliphatic hydroxyl groups is 1. The van der Waals surface area contributed by atoms with Gasteiger partial charge >= 0.3 is 6.03 Å². The summed E-state index contributed by atoms with van der Waals surface area (Å²) in [6.45, 7) is 1.87. The first-order valence-electron chi connectivity index (χ1n) is 5.96. The lowest BCUT2D eigenvalue weighted by Crippen LogP contribution is -2.39. The molecule has 0 aliphatic carbocycles. The maximum Gasteiger partial charge on any atom is 0.319 e. The highest BCUT2D eigenvalue weighted by atomic mass is 32.2. The summed E-state index contributed by atoms with van der Waals surface area (Å²) in [5.74, 6) is 0.855. The maximum absolute atomic E-state index is 11.8. The number of para-hydroxylation sites is 1. The van der Waals surface area contributed by atoms with Crippen molar-refractivity contribution in [1.29, 1.82) is 0 Å². The number of thioether (sulfide) groups is 1. The van der Waals surface area contributed by atoms with Gasteiger partial charge < -0.3 is 15.7 Å². The normalized spacial score (nSPS) is 11.9. The highest BCUT2D eigenvalue weighted by Gasteiger charge is 2.10. The summed E-state index contributed by atoms with van der Waals surface area (Å²) in [7, 11) is 0. The van der Waals surface area contributed by atoms with Crippen LogP contribution in [-0.2, 0) is 5.75 Å². The first kappa shape index (κ1) is 14.9. The van der Waals surface area contributed by atoms with E-state index in [0.717, 1.165) is 17.0 Å². The fraction of sp³-hybridized carbons (Fsp3) is 0.462. The van der Waals surface area contributed by atoms with Crippen LogP contribution in [0.1, 0.15) is 18.9 Å². The summed E-state index contributed by atoms with van der Waals surface area (Å²) in [5.41, 5.74) is 1.91. The van der Waals surface area contributed by atoms with Crippen molar-refractivity contribution in [2.24, 2.45) is 0 Å². The predicted molar refractivity (Wildman–Crippen MR) is 77.0 cm³/mol. The third kappa shape index (κ3) is 4.58. The Morgan fingerprint density at radius 2 is 2.17 bits per heavy atom. The first-order chi connectivity index (χ1) is 8.71.